The molecule has 0 aromatic rings. The Hall–Kier alpha value is -0.830. The van der Waals surface area contributed by atoms with Gasteiger partial charge in [-0.3, -0.25) is 0 Å². The highest BCUT2D eigenvalue weighted by Gasteiger charge is 1.95. The standard InChI is InChI=1S/C6H15N.C6H10O2/c1-4-7(5-2)6-3;1-3-4-5(2)6(7)8/h4-6H2,1-3H3;4H,3H2,1-2H3,(H,7,8). The fraction of sp³-hybridized carbons (Fsp3) is 0.750. The maximum atomic E-state index is 10.0. The lowest BCUT2D eigenvalue weighted by atomic mass is 10.2. The largest absolute Gasteiger partial charge is 0.478 e. The Morgan fingerprint density at radius 1 is 1.13 bits per heavy atom. The van der Waals surface area contributed by atoms with Crippen LogP contribution in [0.2, 0.25) is 0 Å². The number of aliphatic carboxylic acids is 1. The van der Waals surface area contributed by atoms with Crippen LogP contribution in [0, 0.1) is 0 Å². The molecular formula is C12H25NO2. The molecule has 0 heterocycles. The maximum Gasteiger partial charge on any atom is 0.330 e. The van der Waals surface area contributed by atoms with Crippen LogP contribution in [0.25, 0.3) is 0 Å². The number of carboxylic acid groups (broad SMARTS) is 1. The average Bonchev–Trinajstić information content (AvgIpc) is 2.21. The van der Waals surface area contributed by atoms with Gasteiger partial charge >= 0.3 is 5.97 Å². The molecule has 0 unspecified atom stereocenters. The van der Waals surface area contributed by atoms with E-state index >= 15 is 0 Å². The number of carbonyl (C=O) groups is 1. The minimum absolute atomic E-state index is 0.424. The molecule has 0 aliphatic heterocycles. The van der Waals surface area contributed by atoms with Crippen LogP contribution in [0.4, 0.5) is 0 Å². The van der Waals surface area contributed by atoms with Gasteiger partial charge in [-0.05, 0) is 33.0 Å². The Balaban J connectivity index is 0. The van der Waals surface area contributed by atoms with Crippen molar-refractivity contribution in [2.24, 2.45) is 0 Å². The number of allylic oxidation sites excluding steroid dienone is 1. The molecule has 0 rings (SSSR count). The fourth-order valence-electron chi connectivity index (χ4n) is 1.06. The lowest BCUT2D eigenvalue weighted by molar-refractivity contribution is -0.132. The van der Waals surface area contributed by atoms with E-state index in [4.69, 9.17) is 5.11 Å². The van der Waals surface area contributed by atoms with Crippen molar-refractivity contribution < 1.29 is 9.90 Å². The summed E-state index contributed by atoms with van der Waals surface area (Å²) in [6.07, 6.45) is 2.47. The second-order valence-electron chi connectivity index (χ2n) is 3.22. The van der Waals surface area contributed by atoms with Gasteiger partial charge in [-0.1, -0.05) is 33.8 Å². The van der Waals surface area contributed by atoms with Crippen LogP contribution in [-0.4, -0.2) is 35.6 Å². The molecule has 0 saturated carbocycles. The predicted molar refractivity (Wildman–Crippen MR) is 65.1 cm³/mol. The number of nitrogens with zero attached hydrogens (tertiary/aromatic N) is 1. The predicted octanol–water partition coefficient (Wildman–Crippen LogP) is 2.78. The summed E-state index contributed by atoms with van der Waals surface area (Å²) < 4.78 is 0. The van der Waals surface area contributed by atoms with Crippen molar-refractivity contribution in [3.63, 3.8) is 0 Å². The molecule has 3 heteroatoms. The SMILES string of the molecule is CCC=C(C)C(=O)O.CCN(CC)CC. The quantitative estimate of drug-likeness (QED) is 0.717. The van der Waals surface area contributed by atoms with Crippen molar-refractivity contribution in [1.29, 1.82) is 0 Å². The molecule has 0 saturated heterocycles. The van der Waals surface area contributed by atoms with Crippen LogP contribution in [0.15, 0.2) is 11.6 Å². The molecule has 0 amide bonds. The third-order valence-electron chi connectivity index (χ3n) is 2.19. The number of hydrogen-bond acceptors (Lipinski definition) is 2. The monoisotopic (exact) mass is 215 g/mol. The summed E-state index contributed by atoms with van der Waals surface area (Å²) in [5.74, 6) is -0.827. The molecule has 3 nitrogen and oxygen atoms in total. The second kappa shape index (κ2) is 11.2. The van der Waals surface area contributed by atoms with E-state index in [0.717, 1.165) is 6.42 Å². The molecule has 0 bridgehead atoms. The van der Waals surface area contributed by atoms with E-state index in [9.17, 15) is 4.79 Å². The Kier molecular flexibility index (Phi) is 12.4. The molecule has 15 heavy (non-hydrogen) atoms. The van der Waals surface area contributed by atoms with Crippen molar-refractivity contribution >= 4 is 5.97 Å². The molecule has 90 valence electrons. The maximum absolute atomic E-state index is 10.0. The van der Waals surface area contributed by atoms with Crippen LogP contribution in [0.3, 0.4) is 0 Å². The van der Waals surface area contributed by atoms with Gasteiger partial charge in [0, 0.05) is 5.57 Å². The Labute approximate surface area is 93.8 Å². The first-order valence-electron chi connectivity index (χ1n) is 5.65. The lowest BCUT2D eigenvalue weighted by Gasteiger charge is -2.13. The van der Waals surface area contributed by atoms with Gasteiger partial charge < -0.3 is 10.0 Å². The molecule has 0 aliphatic carbocycles. The minimum atomic E-state index is -0.827. The Morgan fingerprint density at radius 2 is 1.53 bits per heavy atom. The van der Waals surface area contributed by atoms with Crippen LogP contribution < -0.4 is 0 Å². The first kappa shape index (κ1) is 16.6. The lowest BCUT2D eigenvalue weighted by Crippen LogP contribution is -2.21. The van der Waals surface area contributed by atoms with E-state index in [-0.39, 0.29) is 0 Å². The number of rotatable bonds is 5. The van der Waals surface area contributed by atoms with Gasteiger partial charge in [0.25, 0.3) is 0 Å². The highest BCUT2D eigenvalue weighted by atomic mass is 16.4. The van der Waals surface area contributed by atoms with Crippen LogP contribution in [0.1, 0.15) is 41.0 Å². The van der Waals surface area contributed by atoms with Gasteiger partial charge in [-0.2, -0.15) is 0 Å². The summed E-state index contributed by atoms with van der Waals surface area (Å²) in [7, 11) is 0. The molecule has 0 atom stereocenters. The summed E-state index contributed by atoms with van der Waals surface area (Å²) in [6.45, 7) is 13.6. The molecule has 0 radical (unpaired) electrons. The molecule has 0 fully saturated rings. The van der Waals surface area contributed by atoms with Gasteiger partial charge in [0.15, 0.2) is 0 Å². The van der Waals surface area contributed by atoms with Gasteiger partial charge in [0.2, 0.25) is 0 Å². The van der Waals surface area contributed by atoms with Crippen molar-refractivity contribution in [3.8, 4) is 0 Å². The zero-order valence-corrected chi connectivity index (χ0v) is 10.7. The van der Waals surface area contributed by atoms with Crippen molar-refractivity contribution in [2.75, 3.05) is 19.6 Å². The van der Waals surface area contributed by atoms with Gasteiger partial charge in [-0.15, -0.1) is 0 Å². The molecule has 0 aromatic carbocycles. The molecular weight excluding hydrogens is 190 g/mol. The molecule has 1 N–H and O–H groups in total. The Bertz CT molecular complexity index is 179. The van der Waals surface area contributed by atoms with E-state index in [1.807, 2.05) is 6.92 Å². The van der Waals surface area contributed by atoms with E-state index in [2.05, 4.69) is 25.7 Å². The van der Waals surface area contributed by atoms with Crippen LogP contribution in [0.5, 0.6) is 0 Å². The zero-order chi connectivity index (χ0) is 12.3. The Morgan fingerprint density at radius 3 is 1.60 bits per heavy atom. The highest BCUT2D eigenvalue weighted by Crippen LogP contribution is 1.92. The molecule has 0 aliphatic rings. The number of carboxylic acids is 1. The van der Waals surface area contributed by atoms with Crippen molar-refractivity contribution in [1.82, 2.24) is 4.90 Å². The third-order valence-corrected chi connectivity index (χ3v) is 2.19. The van der Waals surface area contributed by atoms with Crippen LogP contribution >= 0.6 is 0 Å². The van der Waals surface area contributed by atoms with Crippen LogP contribution in [-0.2, 0) is 4.79 Å². The normalized spacial score (nSPS) is 10.9. The summed E-state index contributed by atoms with van der Waals surface area (Å²) >= 11 is 0. The summed E-state index contributed by atoms with van der Waals surface area (Å²) in [4.78, 5) is 12.4. The first-order valence-corrected chi connectivity index (χ1v) is 5.65. The summed E-state index contributed by atoms with van der Waals surface area (Å²) in [6, 6.07) is 0. The topological polar surface area (TPSA) is 40.5 Å². The zero-order valence-electron chi connectivity index (χ0n) is 10.7. The van der Waals surface area contributed by atoms with Gasteiger partial charge in [0.05, 0.1) is 0 Å². The molecule has 0 spiro atoms. The van der Waals surface area contributed by atoms with E-state index in [1.54, 1.807) is 13.0 Å². The fourth-order valence-corrected chi connectivity index (χ4v) is 1.06. The van der Waals surface area contributed by atoms with E-state index in [0.29, 0.717) is 5.57 Å². The number of hydrogen-bond donors (Lipinski definition) is 1. The first-order chi connectivity index (χ1) is 7.03. The van der Waals surface area contributed by atoms with Crippen molar-refractivity contribution in [3.05, 3.63) is 11.6 Å². The minimum Gasteiger partial charge on any atom is -0.478 e. The summed E-state index contributed by atoms with van der Waals surface area (Å²) in [5, 5.41) is 8.24. The third kappa shape index (κ3) is 11.1. The smallest absolute Gasteiger partial charge is 0.330 e. The molecule has 0 aromatic heterocycles. The van der Waals surface area contributed by atoms with E-state index < -0.39 is 5.97 Å². The van der Waals surface area contributed by atoms with Crippen molar-refractivity contribution in [2.45, 2.75) is 41.0 Å². The average molecular weight is 215 g/mol. The summed E-state index contributed by atoms with van der Waals surface area (Å²) in [5.41, 5.74) is 0.424. The highest BCUT2D eigenvalue weighted by molar-refractivity contribution is 5.85. The van der Waals surface area contributed by atoms with Gasteiger partial charge in [-0.25, -0.2) is 4.79 Å². The second-order valence-corrected chi connectivity index (χ2v) is 3.22. The van der Waals surface area contributed by atoms with E-state index in [1.165, 1.54) is 19.6 Å². The van der Waals surface area contributed by atoms with Gasteiger partial charge in [0.1, 0.15) is 0 Å².